The minimum atomic E-state index is -3.16. The Balaban J connectivity index is 1.46. The Hall–Kier alpha value is -1.72. The predicted molar refractivity (Wildman–Crippen MR) is 120 cm³/mol. The summed E-state index contributed by atoms with van der Waals surface area (Å²) >= 11 is 0. The molecule has 0 aliphatic heterocycles. The highest BCUT2D eigenvalue weighted by Gasteiger charge is 2.32. The maximum Gasteiger partial charge on any atom is 0.211 e. The van der Waals surface area contributed by atoms with Crippen LogP contribution in [0.3, 0.4) is 0 Å². The molecule has 0 amide bonds. The lowest BCUT2D eigenvalue weighted by atomic mass is 9.84. The van der Waals surface area contributed by atoms with Crippen LogP contribution in [0.2, 0.25) is 0 Å². The Labute approximate surface area is 180 Å². The van der Waals surface area contributed by atoms with E-state index in [2.05, 4.69) is 29.8 Å². The third-order valence-corrected chi connectivity index (χ3v) is 8.11. The lowest BCUT2D eigenvalue weighted by Gasteiger charge is -2.21. The SMILES string of the molecule is CCCC1Cc2ccc(CCNS(=O)(=O)CC3CC3)cc2C1Cc1cccc(F)c1. The van der Waals surface area contributed by atoms with Gasteiger partial charge in [-0.15, -0.1) is 0 Å². The van der Waals surface area contributed by atoms with E-state index in [1.54, 1.807) is 12.1 Å². The third-order valence-electron chi connectivity index (χ3n) is 6.55. The molecule has 1 fully saturated rings. The van der Waals surface area contributed by atoms with E-state index >= 15 is 0 Å². The summed E-state index contributed by atoms with van der Waals surface area (Å²) in [5.41, 5.74) is 4.99. The first kappa shape index (κ1) is 21.5. The quantitative estimate of drug-likeness (QED) is 0.578. The summed E-state index contributed by atoms with van der Waals surface area (Å²) in [6, 6.07) is 13.6. The van der Waals surface area contributed by atoms with E-state index in [0.717, 1.165) is 37.7 Å². The van der Waals surface area contributed by atoms with Gasteiger partial charge in [-0.05, 0) is 90.7 Å². The highest BCUT2D eigenvalue weighted by molar-refractivity contribution is 7.89. The molecule has 2 aromatic carbocycles. The molecule has 1 N–H and O–H groups in total. The molecule has 5 heteroatoms. The van der Waals surface area contributed by atoms with Crippen LogP contribution in [0.25, 0.3) is 0 Å². The summed E-state index contributed by atoms with van der Waals surface area (Å²) in [6.07, 6.45) is 7.03. The fraction of sp³-hybridized carbons (Fsp3) is 0.520. The molecule has 2 unspecified atom stereocenters. The van der Waals surface area contributed by atoms with Crippen LogP contribution >= 0.6 is 0 Å². The second kappa shape index (κ2) is 9.19. The number of hydrogen-bond donors (Lipinski definition) is 1. The monoisotopic (exact) mass is 429 g/mol. The average Bonchev–Trinajstić information content (AvgIpc) is 3.43. The molecule has 2 aliphatic carbocycles. The first-order valence-electron chi connectivity index (χ1n) is 11.3. The number of sulfonamides is 1. The van der Waals surface area contributed by atoms with Crippen LogP contribution in [0.5, 0.6) is 0 Å². The van der Waals surface area contributed by atoms with Crippen molar-refractivity contribution < 1.29 is 12.8 Å². The zero-order valence-electron chi connectivity index (χ0n) is 17.7. The third kappa shape index (κ3) is 5.50. The molecule has 2 aromatic rings. The Bertz CT molecular complexity index is 984. The van der Waals surface area contributed by atoms with E-state index in [1.165, 1.54) is 29.2 Å². The summed E-state index contributed by atoms with van der Waals surface area (Å²) in [7, 11) is -3.16. The number of nitrogens with one attached hydrogen (secondary N) is 1. The molecule has 4 rings (SSSR count). The molecule has 162 valence electrons. The average molecular weight is 430 g/mol. The molecule has 0 saturated heterocycles. The van der Waals surface area contributed by atoms with Gasteiger partial charge in [0.05, 0.1) is 5.75 Å². The van der Waals surface area contributed by atoms with Gasteiger partial charge in [0.1, 0.15) is 5.82 Å². The molecule has 0 spiro atoms. The molecule has 0 heterocycles. The smallest absolute Gasteiger partial charge is 0.211 e. The fourth-order valence-electron chi connectivity index (χ4n) is 4.88. The summed E-state index contributed by atoms with van der Waals surface area (Å²) in [5.74, 6) is 1.44. The van der Waals surface area contributed by atoms with Crippen LogP contribution in [0.1, 0.15) is 60.8 Å². The van der Waals surface area contributed by atoms with Crippen molar-refractivity contribution in [3.8, 4) is 0 Å². The summed E-state index contributed by atoms with van der Waals surface area (Å²) in [6.45, 7) is 2.67. The van der Waals surface area contributed by atoms with Crippen molar-refractivity contribution in [1.29, 1.82) is 0 Å². The molecule has 0 aromatic heterocycles. The lowest BCUT2D eigenvalue weighted by molar-refractivity contribution is 0.418. The standard InChI is InChI=1S/C25H32FNO2S/c1-2-4-21-16-22-10-9-18(11-12-27-30(28,29)17-19-7-8-19)14-24(22)25(21)15-20-5-3-6-23(26)13-20/h3,5-6,9-10,13-14,19,21,25,27H,2,4,7-8,11-12,15-17H2,1H3. The van der Waals surface area contributed by atoms with E-state index in [-0.39, 0.29) is 11.6 Å². The number of rotatable bonds is 10. The zero-order chi connectivity index (χ0) is 21.1. The first-order chi connectivity index (χ1) is 14.4. The van der Waals surface area contributed by atoms with Crippen molar-refractivity contribution in [1.82, 2.24) is 4.72 Å². The predicted octanol–water partition coefficient (Wildman–Crippen LogP) is 5.00. The van der Waals surface area contributed by atoms with E-state index in [9.17, 15) is 12.8 Å². The maximum atomic E-state index is 13.7. The minimum absolute atomic E-state index is 0.176. The van der Waals surface area contributed by atoms with Gasteiger partial charge in [0.25, 0.3) is 0 Å². The Morgan fingerprint density at radius 3 is 2.67 bits per heavy atom. The maximum absolute atomic E-state index is 13.7. The van der Waals surface area contributed by atoms with E-state index in [0.29, 0.717) is 30.7 Å². The molecular weight excluding hydrogens is 397 g/mol. The summed E-state index contributed by atoms with van der Waals surface area (Å²) in [5, 5.41) is 0. The van der Waals surface area contributed by atoms with Crippen LogP contribution in [-0.2, 0) is 29.3 Å². The zero-order valence-corrected chi connectivity index (χ0v) is 18.6. The van der Waals surface area contributed by atoms with Gasteiger partial charge < -0.3 is 0 Å². The van der Waals surface area contributed by atoms with Crippen molar-refractivity contribution in [3.05, 3.63) is 70.5 Å². The Kier molecular flexibility index (Phi) is 6.59. The van der Waals surface area contributed by atoms with Gasteiger partial charge in [-0.1, -0.05) is 43.7 Å². The number of benzene rings is 2. The van der Waals surface area contributed by atoms with Crippen molar-refractivity contribution in [2.45, 2.75) is 57.8 Å². The van der Waals surface area contributed by atoms with Crippen LogP contribution in [-0.4, -0.2) is 20.7 Å². The lowest BCUT2D eigenvalue weighted by Crippen LogP contribution is -2.29. The highest BCUT2D eigenvalue weighted by Crippen LogP contribution is 2.43. The molecule has 0 radical (unpaired) electrons. The molecule has 2 atom stereocenters. The van der Waals surface area contributed by atoms with Gasteiger partial charge in [0, 0.05) is 6.54 Å². The molecule has 2 aliphatic rings. The first-order valence-corrected chi connectivity index (χ1v) is 12.9. The normalized spacial score (nSPS) is 21.0. The molecule has 30 heavy (non-hydrogen) atoms. The second-order valence-electron chi connectivity index (χ2n) is 9.10. The fourth-order valence-corrected chi connectivity index (χ4v) is 6.37. The summed E-state index contributed by atoms with van der Waals surface area (Å²) < 4.78 is 40.7. The largest absolute Gasteiger partial charge is 0.215 e. The van der Waals surface area contributed by atoms with Crippen LogP contribution in [0.4, 0.5) is 4.39 Å². The minimum Gasteiger partial charge on any atom is -0.215 e. The number of hydrogen-bond acceptors (Lipinski definition) is 2. The van der Waals surface area contributed by atoms with Gasteiger partial charge in [-0.2, -0.15) is 0 Å². The van der Waals surface area contributed by atoms with E-state index in [4.69, 9.17) is 0 Å². The van der Waals surface area contributed by atoms with Crippen molar-refractivity contribution in [2.75, 3.05) is 12.3 Å². The number of fused-ring (bicyclic) bond motifs is 1. The summed E-state index contributed by atoms with van der Waals surface area (Å²) in [4.78, 5) is 0. The molecule has 0 bridgehead atoms. The molecule has 1 saturated carbocycles. The van der Waals surface area contributed by atoms with Gasteiger partial charge >= 0.3 is 0 Å². The highest BCUT2D eigenvalue weighted by atomic mass is 32.2. The van der Waals surface area contributed by atoms with Crippen LogP contribution in [0, 0.1) is 17.7 Å². The van der Waals surface area contributed by atoms with Crippen molar-refractivity contribution in [3.63, 3.8) is 0 Å². The number of halogens is 1. The Morgan fingerprint density at radius 1 is 1.10 bits per heavy atom. The van der Waals surface area contributed by atoms with Gasteiger partial charge in [0.15, 0.2) is 0 Å². The van der Waals surface area contributed by atoms with Crippen LogP contribution < -0.4 is 4.72 Å². The van der Waals surface area contributed by atoms with E-state index < -0.39 is 10.0 Å². The van der Waals surface area contributed by atoms with Gasteiger partial charge in [0.2, 0.25) is 10.0 Å². The topological polar surface area (TPSA) is 46.2 Å². The second-order valence-corrected chi connectivity index (χ2v) is 10.9. The van der Waals surface area contributed by atoms with Gasteiger partial charge in [-0.25, -0.2) is 17.5 Å². The Morgan fingerprint density at radius 2 is 1.93 bits per heavy atom. The molecular formula is C25H32FNO2S. The van der Waals surface area contributed by atoms with Crippen molar-refractivity contribution in [2.24, 2.45) is 11.8 Å². The van der Waals surface area contributed by atoms with Gasteiger partial charge in [-0.3, -0.25) is 0 Å². The van der Waals surface area contributed by atoms with Crippen LogP contribution in [0.15, 0.2) is 42.5 Å². The molecule has 3 nitrogen and oxygen atoms in total. The van der Waals surface area contributed by atoms with E-state index in [1.807, 2.05) is 6.07 Å². The van der Waals surface area contributed by atoms with Crippen molar-refractivity contribution >= 4 is 10.0 Å².